The largest absolute Gasteiger partial charge is 0.497 e. The molecule has 4 heterocycles. The maximum Gasteiger partial charge on any atom is 0.239 e. The molecule has 0 aliphatic carbocycles. The van der Waals surface area contributed by atoms with E-state index in [-0.39, 0.29) is 24.3 Å². The van der Waals surface area contributed by atoms with Crippen molar-refractivity contribution >= 4 is 17.7 Å². The van der Waals surface area contributed by atoms with E-state index >= 15 is 0 Å². The lowest BCUT2D eigenvalue weighted by atomic mass is 9.76. The third-order valence-electron chi connectivity index (χ3n) is 6.32. The molecule has 0 aromatic heterocycles. The van der Waals surface area contributed by atoms with E-state index < -0.39 is 23.5 Å². The van der Waals surface area contributed by atoms with Gasteiger partial charge in [0.25, 0.3) is 0 Å². The van der Waals surface area contributed by atoms with Crippen LogP contribution in [0, 0.1) is 11.8 Å². The first kappa shape index (κ1) is 18.2. The van der Waals surface area contributed by atoms with Crippen LogP contribution in [0.5, 0.6) is 5.75 Å². The van der Waals surface area contributed by atoms with Gasteiger partial charge in [0.2, 0.25) is 17.7 Å². The van der Waals surface area contributed by atoms with Crippen molar-refractivity contribution in [3.8, 4) is 5.75 Å². The number of benzene rings is 1. The molecule has 29 heavy (non-hydrogen) atoms. The van der Waals surface area contributed by atoms with Crippen molar-refractivity contribution in [2.75, 3.05) is 33.3 Å². The second kappa shape index (κ2) is 6.59. The van der Waals surface area contributed by atoms with Crippen molar-refractivity contribution in [1.29, 1.82) is 0 Å². The Bertz CT molecular complexity index is 915. The summed E-state index contributed by atoms with van der Waals surface area (Å²) in [5.74, 6) is -0.788. The average Bonchev–Trinajstić information content (AvgIpc) is 3.36. The number of methoxy groups -OCH3 is 1. The number of hydrogen-bond donors (Lipinski definition) is 1. The monoisotopic (exact) mass is 397 g/mol. The predicted molar refractivity (Wildman–Crippen MR) is 102 cm³/mol. The van der Waals surface area contributed by atoms with Crippen LogP contribution in [0.1, 0.15) is 5.56 Å². The predicted octanol–water partition coefficient (Wildman–Crippen LogP) is -0.0644. The van der Waals surface area contributed by atoms with Crippen LogP contribution in [0.15, 0.2) is 36.4 Å². The van der Waals surface area contributed by atoms with Crippen LogP contribution in [-0.4, -0.2) is 72.5 Å². The Labute approximate surface area is 168 Å². The van der Waals surface area contributed by atoms with Gasteiger partial charge in [0, 0.05) is 19.6 Å². The number of ether oxygens (including phenoxy) is 2. The van der Waals surface area contributed by atoms with Gasteiger partial charge in [0.1, 0.15) is 11.4 Å². The van der Waals surface area contributed by atoms with E-state index in [1.807, 2.05) is 36.4 Å². The summed E-state index contributed by atoms with van der Waals surface area (Å²) < 4.78 is 11.4. The Kier molecular flexibility index (Phi) is 4.13. The zero-order valence-electron chi connectivity index (χ0n) is 16.2. The Morgan fingerprint density at radius 3 is 3.03 bits per heavy atom. The highest BCUT2D eigenvalue weighted by atomic mass is 16.5. The van der Waals surface area contributed by atoms with Crippen molar-refractivity contribution in [2.45, 2.75) is 18.2 Å². The first-order valence-electron chi connectivity index (χ1n) is 9.85. The SMILES string of the molecule is COc1cccc(CN2C[C@@]34C=C[C@@H](O3)C(C(=O)N3CCNC(=O)C3)C4C2=O)c1. The van der Waals surface area contributed by atoms with E-state index in [2.05, 4.69) is 5.32 Å². The molecule has 1 aromatic carbocycles. The average molecular weight is 397 g/mol. The summed E-state index contributed by atoms with van der Waals surface area (Å²) in [6.45, 7) is 1.78. The molecule has 2 bridgehead atoms. The summed E-state index contributed by atoms with van der Waals surface area (Å²) in [5.41, 5.74) is 0.210. The number of rotatable bonds is 4. The molecule has 3 amide bonds. The first-order chi connectivity index (χ1) is 14.0. The lowest BCUT2D eigenvalue weighted by molar-refractivity contribution is -0.146. The molecule has 4 atom stereocenters. The summed E-state index contributed by atoms with van der Waals surface area (Å²) in [7, 11) is 1.61. The van der Waals surface area contributed by atoms with E-state index in [9.17, 15) is 14.4 Å². The summed E-state index contributed by atoms with van der Waals surface area (Å²) in [6.07, 6.45) is 3.43. The topological polar surface area (TPSA) is 88.2 Å². The van der Waals surface area contributed by atoms with Gasteiger partial charge in [-0.1, -0.05) is 24.3 Å². The fourth-order valence-corrected chi connectivity index (χ4v) is 5.02. The molecular formula is C21H23N3O5. The fourth-order valence-electron chi connectivity index (χ4n) is 5.02. The Balaban J connectivity index is 1.38. The number of fused-ring (bicyclic) bond motifs is 1. The third-order valence-corrected chi connectivity index (χ3v) is 6.32. The van der Waals surface area contributed by atoms with Gasteiger partial charge in [0.15, 0.2) is 0 Å². The Morgan fingerprint density at radius 1 is 1.38 bits per heavy atom. The van der Waals surface area contributed by atoms with Gasteiger partial charge in [0.05, 0.1) is 38.1 Å². The van der Waals surface area contributed by atoms with Crippen LogP contribution in [0.4, 0.5) is 0 Å². The zero-order chi connectivity index (χ0) is 20.2. The van der Waals surface area contributed by atoms with E-state index in [1.54, 1.807) is 16.9 Å². The van der Waals surface area contributed by atoms with Crippen LogP contribution in [0.3, 0.4) is 0 Å². The number of likely N-dealkylation sites (tertiary alicyclic amines) is 1. The molecule has 1 spiro atoms. The molecule has 3 fully saturated rings. The van der Waals surface area contributed by atoms with Gasteiger partial charge in [-0.3, -0.25) is 14.4 Å². The lowest BCUT2D eigenvalue weighted by Gasteiger charge is -2.32. The number of nitrogens with zero attached hydrogens (tertiary/aromatic N) is 2. The zero-order valence-corrected chi connectivity index (χ0v) is 16.2. The minimum absolute atomic E-state index is 0.0349. The van der Waals surface area contributed by atoms with E-state index in [0.717, 1.165) is 11.3 Å². The van der Waals surface area contributed by atoms with Crippen molar-refractivity contribution in [3.63, 3.8) is 0 Å². The second-order valence-corrected chi connectivity index (χ2v) is 8.06. The molecular weight excluding hydrogens is 374 g/mol. The molecule has 0 radical (unpaired) electrons. The van der Waals surface area contributed by atoms with Gasteiger partial charge >= 0.3 is 0 Å². The number of hydrogen-bond acceptors (Lipinski definition) is 5. The number of nitrogens with one attached hydrogen (secondary N) is 1. The van der Waals surface area contributed by atoms with E-state index in [0.29, 0.717) is 26.2 Å². The van der Waals surface area contributed by atoms with Crippen molar-refractivity contribution in [1.82, 2.24) is 15.1 Å². The second-order valence-electron chi connectivity index (χ2n) is 8.06. The normalized spacial score (nSPS) is 32.5. The first-order valence-corrected chi connectivity index (χ1v) is 9.85. The molecule has 5 rings (SSSR count). The van der Waals surface area contributed by atoms with Gasteiger partial charge in [-0.25, -0.2) is 0 Å². The highest BCUT2D eigenvalue weighted by molar-refractivity contribution is 5.94. The van der Waals surface area contributed by atoms with Gasteiger partial charge < -0.3 is 24.6 Å². The molecule has 1 N–H and O–H groups in total. The maximum absolute atomic E-state index is 13.3. The molecule has 8 nitrogen and oxygen atoms in total. The summed E-state index contributed by atoms with van der Waals surface area (Å²) >= 11 is 0. The lowest BCUT2D eigenvalue weighted by Crippen LogP contribution is -2.54. The molecule has 0 saturated carbocycles. The van der Waals surface area contributed by atoms with Crippen molar-refractivity contribution < 1.29 is 23.9 Å². The molecule has 3 saturated heterocycles. The van der Waals surface area contributed by atoms with Crippen molar-refractivity contribution in [2.24, 2.45) is 11.8 Å². The van der Waals surface area contributed by atoms with Crippen LogP contribution in [0.25, 0.3) is 0 Å². The van der Waals surface area contributed by atoms with Gasteiger partial charge in [-0.05, 0) is 17.7 Å². The third kappa shape index (κ3) is 2.81. The molecule has 4 aliphatic rings. The molecule has 8 heteroatoms. The summed E-state index contributed by atoms with van der Waals surface area (Å²) in [5, 5.41) is 2.73. The summed E-state index contributed by atoms with van der Waals surface area (Å²) in [4.78, 5) is 41.6. The van der Waals surface area contributed by atoms with Gasteiger partial charge in [-0.2, -0.15) is 0 Å². The van der Waals surface area contributed by atoms with Crippen molar-refractivity contribution in [3.05, 3.63) is 42.0 Å². The number of piperazine rings is 1. The van der Waals surface area contributed by atoms with Crippen LogP contribution < -0.4 is 10.1 Å². The quantitative estimate of drug-likeness (QED) is 0.719. The Morgan fingerprint density at radius 2 is 2.24 bits per heavy atom. The summed E-state index contributed by atoms with van der Waals surface area (Å²) in [6, 6.07) is 7.61. The highest BCUT2D eigenvalue weighted by Crippen LogP contribution is 2.52. The van der Waals surface area contributed by atoms with Gasteiger partial charge in [-0.15, -0.1) is 0 Å². The maximum atomic E-state index is 13.3. The van der Waals surface area contributed by atoms with Crippen LogP contribution in [-0.2, 0) is 25.7 Å². The smallest absolute Gasteiger partial charge is 0.239 e. The molecule has 1 aromatic rings. The molecule has 2 unspecified atom stereocenters. The van der Waals surface area contributed by atoms with E-state index in [4.69, 9.17) is 9.47 Å². The Hall–Kier alpha value is -2.87. The van der Waals surface area contributed by atoms with Crippen LogP contribution >= 0.6 is 0 Å². The van der Waals surface area contributed by atoms with Crippen LogP contribution in [0.2, 0.25) is 0 Å². The minimum atomic E-state index is -0.751. The molecule has 152 valence electrons. The number of carbonyl (C=O) groups is 3. The standard InChI is InChI=1S/C21H23N3O5/c1-28-14-4-2-3-13(9-14)10-24-12-21-6-5-15(29-21)17(18(21)20(24)27)19(26)23-8-7-22-16(25)11-23/h2-6,9,15,17-18H,7-8,10-12H2,1H3,(H,22,25)/t15-,17?,18?,21-/m1/s1. The van der Waals surface area contributed by atoms with E-state index in [1.165, 1.54) is 0 Å². The number of amides is 3. The fraction of sp³-hybridized carbons (Fsp3) is 0.476. The molecule has 4 aliphatic heterocycles. The highest BCUT2D eigenvalue weighted by Gasteiger charge is 2.67. The number of carbonyl (C=O) groups excluding carboxylic acids is 3. The minimum Gasteiger partial charge on any atom is -0.497 e.